The molecule has 0 saturated carbocycles. The highest BCUT2D eigenvalue weighted by molar-refractivity contribution is 7.80. The molecule has 0 fully saturated rings. The number of phenols is 1. The van der Waals surface area contributed by atoms with Crippen LogP contribution < -0.4 is 15.8 Å². The summed E-state index contributed by atoms with van der Waals surface area (Å²) in [6, 6.07) is 4.62. The lowest BCUT2D eigenvalue weighted by molar-refractivity contribution is 0.410. The Labute approximate surface area is 81.3 Å². The minimum absolute atomic E-state index is 0.130. The van der Waals surface area contributed by atoms with Gasteiger partial charge < -0.3 is 20.9 Å². The van der Waals surface area contributed by atoms with Crippen molar-refractivity contribution in [3.05, 3.63) is 18.2 Å². The van der Waals surface area contributed by atoms with Crippen molar-refractivity contribution in [3.63, 3.8) is 0 Å². The van der Waals surface area contributed by atoms with Crippen molar-refractivity contribution in [2.45, 2.75) is 0 Å². The lowest BCUT2D eigenvalue weighted by atomic mass is 10.3. The second kappa shape index (κ2) is 3.95. The normalized spacial score (nSPS) is 9.31. The van der Waals surface area contributed by atoms with Crippen LogP contribution in [0.2, 0.25) is 0 Å². The maximum Gasteiger partial charge on any atom is 0.168 e. The Kier molecular flexibility index (Phi) is 2.92. The highest BCUT2D eigenvalue weighted by Crippen LogP contribution is 2.27. The first-order valence-electron chi connectivity index (χ1n) is 3.57. The number of benzene rings is 1. The molecule has 13 heavy (non-hydrogen) atoms. The van der Waals surface area contributed by atoms with E-state index >= 15 is 0 Å². The molecule has 0 bridgehead atoms. The molecule has 0 radical (unpaired) electrons. The zero-order valence-corrected chi connectivity index (χ0v) is 7.89. The molecule has 0 unspecified atom stereocenters. The van der Waals surface area contributed by atoms with Gasteiger partial charge in [-0.2, -0.15) is 0 Å². The summed E-state index contributed by atoms with van der Waals surface area (Å²) in [5, 5.41) is 12.0. The summed E-state index contributed by atoms with van der Waals surface area (Å²) in [6.07, 6.45) is 0. The van der Waals surface area contributed by atoms with Gasteiger partial charge in [0.05, 0.1) is 12.8 Å². The molecule has 4 nitrogen and oxygen atoms in total. The van der Waals surface area contributed by atoms with Gasteiger partial charge in [0.25, 0.3) is 0 Å². The molecule has 0 amide bonds. The van der Waals surface area contributed by atoms with Crippen molar-refractivity contribution in [3.8, 4) is 11.5 Å². The Balaban J connectivity index is 2.99. The van der Waals surface area contributed by atoms with Gasteiger partial charge in [-0.25, -0.2) is 0 Å². The van der Waals surface area contributed by atoms with E-state index < -0.39 is 0 Å². The van der Waals surface area contributed by atoms with E-state index in [2.05, 4.69) is 17.5 Å². The summed E-state index contributed by atoms with van der Waals surface area (Å²) < 4.78 is 4.99. The third kappa shape index (κ3) is 2.48. The van der Waals surface area contributed by atoms with Gasteiger partial charge >= 0.3 is 0 Å². The van der Waals surface area contributed by atoms with Gasteiger partial charge in [-0.3, -0.25) is 0 Å². The molecule has 5 heteroatoms. The smallest absolute Gasteiger partial charge is 0.168 e. The molecule has 1 aromatic carbocycles. The number of hydrogen-bond acceptors (Lipinski definition) is 3. The quantitative estimate of drug-likeness (QED) is 0.489. The van der Waals surface area contributed by atoms with Crippen LogP contribution in [0.3, 0.4) is 0 Å². The minimum Gasteiger partial charge on any atom is -0.508 e. The summed E-state index contributed by atoms with van der Waals surface area (Å²) in [7, 11) is 1.50. The molecular formula is C8H10N2O2S. The van der Waals surface area contributed by atoms with Crippen molar-refractivity contribution in [1.82, 2.24) is 0 Å². The number of anilines is 1. The van der Waals surface area contributed by atoms with Gasteiger partial charge in [0.2, 0.25) is 0 Å². The average Bonchev–Trinajstić information content (AvgIpc) is 2.07. The van der Waals surface area contributed by atoms with E-state index in [9.17, 15) is 0 Å². The van der Waals surface area contributed by atoms with E-state index in [1.165, 1.54) is 19.2 Å². The van der Waals surface area contributed by atoms with Crippen LogP contribution in [0.25, 0.3) is 0 Å². The maximum absolute atomic E-state index is 9.13. The summed E-state index contributed by atoms with van der Waals surface area (Å²) in [5.74, 6) is 0.623. The first-order chi connectivity index (χ1) is 6.13. The van der Waals surface area contributed by atoms with E-state index in [-0.39, 0.29) is 10.9 Å². The van der Waals surface area contributed by atoms with Crippen LogP contribution >= 0.6 is 12.2 Å². The van der Waals surface area contributed by atoms with Crippen LogP contribution in [-0.2, 0) is 0 Å². The number of rotatable bonds is 2. The topological polar surface area (TPSA) is 67.5 Å². The van der Waals surface area contributed by atoms with Crippen LogP contribution in [0.15, 0.2) is 18.2 Å². The van der Waals surface area contributed by atoms with E-state index in [0.717, 1.165) is 0 Å². The van der Waals surface area contributed by atoms with E-state index in [1.54, 1.807) is 6.07 Å². The fourth-order valence-electron chi connectivity index (χ4n) is 0.916. The molecule has 0 aliphatic rings. The molecule has 0 aliphatic carbocycles. The monoisotopic (exact) mass is 198 g/mol. The Bertz CT molecular complexity index is 328. The zero-order valence-electron chi connectivity index (χ0n) is 7.07. The molecule has 0 heterocycles. The summed E-state index contributed by atoms with van der Waals surface area (Å²) >= 11 is 4.67. The van der Waals surface area contributed by atoms with E-state index in [1.807, 2.05) is 0 Å². The second-order valence-corrected chi connectivity index (χ2v) is 2.81. The van der Waals surface area contributed by atoms with Gasteiger partial charge in [-0.05, 0) is 24.4 Å². The third-order valence-corrected chi connectivity index (χ3v) is 1.55. The molecular weight excluding hydrogens is 188 g/mol. The van der Waals surface area contributed by atoms with Gasteiger partial charge in [0.15, 0.2) is 5.11 Å². The standard InChI is InChI=1S/C8H10N2O2S/c1-12-7-4-5(11)2-3-6(7)10-8(9)13/h2-4,11H,1H3,(H3,9,10,13). The van der Waals surface area contributed by atoms with Crippen LogP contribution in [0, 0.1) is 0 Å². The van der Waals surface area contributed by atoms with Gasteiger partial charge in [0, 0.05) is 6.07 Å². The van der Waals surface area contributed by atoms with Crippen LogP contribution in [0.5, 0.6) is 11.5 Å². The Hall–Kier alpha value is -1.49. The summed E-state index contributed by atoms with van der Waals surface area (Å²) in [4.78, 5) is 0. The molecule has 70 valence electrons. The average molecular weight is 198 g/mol. The molecule has 0 saturated heterocycles. The number of phenolic OH excluding ortho intramolecular Hbond substituents is 1. The van der Waals surface area contributed by atoms with Crippen molar-refractivity contribution in [1.29, 1.82) is 0 Å². The van der Waals surface area contributed by atoms with Crippen molar-refractivity contribution in [2.75, 3.05) is 12.4 Å². The number of methoxy groups -OCH3 is 1. The summed E-state index contributed by atoms with van der Waals surface area (Å²) in [6.45, 7) is 0. The van der Waals surface area contributed by atoms with Crippen LogP contribution in [0.4, 0.5) is 5.69 Å². The number of hydrogen-bond donors (Lipinski definition) is 3. The maximum atomic E-state index is 9.13. The lowest BCUT2D eigenvalue weighted by Gasteiger charge is -2.09. The van der Waals surface area contributed by atoms with Gasteiger partial charge in [-0.1, -0.05) is 0 Å². The van der Waals surface area contributed by atoms with Crippen LogP contribution in [-0.4, -0.2) is 17.3 Å². The molecule has 4 N–H and O–H groups in total. The second-order valence-electron chi connectivity index (χ2n) is 2.37. The predicted octanol–water partition coefficient (Wildman–Crippen LogP) is 1.06. The van der Waals surface area contributed by atoms with E-state index in [4.69, 9.17) is 15.6 Å². The zero-order chi connectivity index (χ0) is 9.84. The Morgan fingerprint density at radius 3 is 2.85 bits per heavy atom. The molecule has 0 aromatic heterocycles. The molecule has 1 rings (SSSR count). The van der Waals surface area contributed by atoms with E-state index in [0.29, 0.717) is 11.4 Å². The molecule has 0 spiro atoms. The van der Waals surface area contributed by atoms with Gasteiger partial charge in [-0.15, -0.1) is 0 Å². The largest absolute Gasteiger partial charge is 0.508 e. The van der Waals surface area contributed by atoms with Crippen molar-refractivity contribution < 1.29 is 9.84 Å². The predicted molar refractivity (Wildman–Crippen MR) is 55.1 cm³/mol. The molecule has 1 aromatic rings. The number of thiocarbonyl (C=S) groups is 1. The minimum atomic E-state index is 0.130. The molecule has 0 atom stereocenters. The lowest BCUT2D eigenvalue weighted by Crippen LogP contribution is -2.19. The number of nitrogens with one attached hydrogen (secondary N) is 1. The van der Waals surface area contributed by atoms with Gasteiger partial charge in [0.1, 0.15) is 11.5 Å². The fraction of sp³-hybridized carbons (Fsp3) is 0.125. The first kappa shape index (κ1) is 9.60. The number of nitrogens with two attached hydrogens (primary N) is 1. The highest BCUT2D eigenvalue weighted by atomic mass is 32.1. The highest BCUT2D eigenvalue weighted by Gasteiger charge is 2.03. The first-order valence-corrected chi connectivity index (χ1v) is 3.98. The van der Waals surface area contributed by atoms with Crippen molar-refractivity contribution in [2.24, 2.45) is 5.73 Å². The third-order valence-electron chi connectivity index (χ3n) is 1.44. The summed E-state index contributed by atoms with van der Waals surface area (Å²) in [5.41, 5.74) is 5.92. The Morgan fingerprint density at radius 1 is 1.62 bits per heavy atom. The molecule has 0 aliphatic heterocycles. The Morgan fingerprint density at radius 2 is 2.31 bits per heavy atom. The fourth-order valence-corrected chi connectivity index (χ4v) is 1.03. The number of ether oxygens (including phenoxy) is 1. The van der Waals surface area contributed by atoms with Crippen molar-refractivity contribution >= 4 is 23.0 Å². The number of aromatic hydroxyl groups is 1. The SMILES string of the molecule is COc1cc(O)ccc1NC(N)=S. The van der Waals surface area contributed by atoms with Crippen LogP contribution in [0.1, 0.15) is 0 Å².